The number of ether oxygens (including phenoxy) is 2. The molecule has 3 aromatic rings. The SMILES string of the molecule is CCC1CC2CC(C)CC(c3cc(C)cc(-c4cc5ccccc5n4C)c3OCOC)(C1)C2. The minimum atomic E-state index is 0.204. The van der Waals surface area contributed by atoms with Gasteiger partial charge in [0.2, 0.25) is 0 Å². The Morgan fingerprint density at radius 1 is 1.06 bits per heavy atom. The van der Waals surface area contributed by atoms with Gasteiger partial charge in [-0.3, -0.25) is 0 Å². The van der Waals surface area contributed by atoms with Crippen molar-refractivity contribution in [3.63, 3.8) is 0 Å². The van der Waals surface area contributed by atoms with Crippen LogP contribution in [-0.4, -0.2) is 18.5 Å². The van der Waals surface area contributed by atoms with Crippen LogP contribution in [0.5, 0.6) is 5.75 Å². The molecular weight excluding hydrogens is 406 g/mol. The van der Waals surface area contributed by atoms with Crippen molar-refractivity contribution in [1.29, 1.82) is 0 Å². The van der Waals surface area contributed by atoms with Gasteiger partial charge in [0.05, 0.1) is 5.69 Å². The van der Waals surface area contributed by atoms with Crippen LogP contribution in [0, 0.1) is 24.7 Å². The van der Waals surface area contributed by atoms with Gasteiger partial charge in [-0.2, -0.15) is 0 Å². The highest BCUT2D eigenvalue weighted by Crippen LogP contribution is 2.57. The predicted molar refractivity (Wildman–Crippen MR) is 137 cm³/mol. The standard InChI is InChI=1S/C30H39NO2/c1-6-22-14-23-11-21(3)16-30(17-22,18-23)26-13-20(2)12-25(29(26)33-19-32-5)28-15-24-9-7-8-10-27(24)31(28)4/h7-10,12-13,15,21-23H,6,11,14,16-19H2,1-5H3. The number of para-hydroxylation sites is 1. The third-order valence-corrected chi connectivity index (χ3v) is 8.43. The highest BCUT2D eigenvalue weighted by molar-refractivity contribution is 5.88. The van der Waals surface area contributed by atoms with E-state index < -0.39 is 0 Å². The van der Waals surface area contributed by atoms with Gasteiger partial charge in [0.25, 0.3) is 0 Å². The van der Waals surface area contributed by atoms with Gasteiger partial charge in [0, 0.05) is 36.2 Å². The molecule has 1 heterocycles. The normalized spacial score (nSPS) is 27.1. The molecule has 2 bridgehead atoms. The minimum absolute atomic E-state index is 0.204. The van der Waals surface area contributed by atoms with Gasteiger partial charge in [-0.25, -0.2) is 0 Å². The summed E-state index contributed by atoms with van der Waals surface area (Å²) in [4.78, 5) is 0. The van der Waals surface area contributed by atoms with Crippen molar-refractivity contribution in [2.45, 2.75) is 64.7 Å². The molecule has 176 valence electrons. The maximum absolute atomic E-state index is 6.49. The fourth-order valence-electron chi connectivity index (χ4n) is 7.31. The van der Waals surface area contributed by atoms with E-state index in [4.69, 9.17) is 9.47 Å². The second kappa shape index (κ2) is 8.83. The highest BCUT2D eigenvalue weighted by atomic mass is 16.7. The van der Waals surface area contributed by atoms with Crippen LogP contribution < -0.4 is 4.74 Å². The van der Waals surface area contributed by atoms with Gasteiger partial charge in [0.15, 0.2) is 6.79 Å². The Kier molecular flexibility index (Phi) is 6.03. The van der Waals surface area contributed by atoms with E-state index in [0.717, 1.165) is 23.5 Å². The quantitative estimate of drug-likeness (QED) is 0.364. The third-order valence-electron chi connectivity index (χ3n) is 8.43. The van der Waals surface area contributed by atoms with Crippen LogP contribution in [0.2, 0.25) is 0 Å². The average Bonchev–Trinajstić information content (AvgIpc) is 3.13. The van der Waals surface area contributed by atoms with E-state index in [1.165, 1.54) is 71.8 Å². The molecule has 0 spiro atoms. The molecule has 4 atom stereocenters. The number of hydrogen-bond donors (Lipinski definition) is 0. The Labute approximate surface area is 199 Å². The molecule has 0 N–H and O–H groups in total. The second-order valence-corrected chi connectivity index (χ2v) is 11.0. The summed E-state index contributed by atoms with van der Waals surface area (Å²) in [6.07, 6.45) is 7.91. The Balaban J connectivity index is 1.72. The smallest absolute Gasteiger partial charge is 0.188 e. The number of aryl methyl sites for hydroxylation is 2. The van der Waals surface area contributed by atoms with Gasteiger partial charge >= 0.3 is 0 Å². The molecule has 0 amide bonds. The van der Waals surface area contributed by atoms with E-state index in [1.54, 1.807) is 7.11 Å². The molecule has 33 heavy (non-hydrogen) atoms. The van der Waals surface area contributed by atoms with Crippen molar-refractivity contribution in [3.05, 3.63) is 53.6 Å². The third kappa shape index (κ3) is 3.99. The fourth-order valence-corrected chi connectivity index (χ4v) is 7.31. The maximum atomic E-state index is 6.49. The van der Waals surface area contributed by atoms with E-state index >= 15 is 0 Å². The summed E-state index contributed by atoms with van der Waals surface area (Å²) < 4.78 is 14.2. The van der Waals surface area contributed by atoms with E-state index in [-0.39, 0.29) is 12.2 Å². The number of aromatic nitrogens is 1. The fraction of sp³-hybridized carbons (Fsp3) is 0.533. The molecule has 3 heteroatoms. The van der Waals surface area contributed by atoms with Crippen molar-refractivity contribution in [2.75, 3.05) is 13.9 Å². The summed E-state index contributed by atoms with van der Waals surface area (Å²) in [6, 6.07) is 15.7. The molecule has 4 unspecified atom stereocenters. The first kappa shape index (κ1) is 22.5. The molecule has 0 radical (unpaired) electrons. The predicted octanol–water partition coefficient (Wildman–Crippen LogP) is 7.63. The molecule has 3 nitrogen and oxygen atoms in total. The summed E-state index contributed by atoms with van der Waals surface area (Å²) in [5.74, 6) is 3.45. The van der Waals surface area contributed by atoms with Crippen molar-refractivity contribution >= 4 is 10.9 Å². The number of fused-ring (bicyclic) bond motifs is 3. The first-order valence-corrected chi connectivity index (χ1v) is 12.8. The highest BCUT2D eigenvalue weighted by Gasteiger charge is 2.47. The first-order valence-electron chi connectivity index (χ1n) is 12.8. The second-order valence-electron chi connectivity index (χ2n) is 11.0. The number of rotatable bonds is 6. The molecule has 0 aliphatic heterocycles. The summed E-state index contributed by atoms with van der Waals surface area (Å²) in [5, 5.41) is 1.27. The van der Waals surface area contributed by atoms with Crippen LogP contribution in [0.1, 0.15) is 63.5 Å². The first-order chi connectivity index (χ1) is 15.9. The van der Waals surface area contributed by atoms with Crippen LogP contribution >= 0.6 is 0 Å². The molecule has 2 aliphatic carbocycles. The van der Waals surface area contributed by atoms with E-state index in [0.29, 0.717) is 0 Å². The lowest BCUT2D eigenvalue weighted by Crippen LogP contribution is -2.43. The molecule has 2 aliphatic rings. The molecule has 0 saturated heterocycles. The Bertz CT molecular complexity index is 1140. The Morgan fingerprint density at radius 3 is 2.64 bits per heavy atom. The largest absolute Gasteiger partial charge is 0.467 e. The molecule has 2 aromatic carbocycles. The van der Waals surface area contributed by atoms with Gasteiger partial charge in [0.1, 0.15) is 5.75 Å². The molecule has 2 fully saturated rings. The van der Waals surface area contributed by atoms with Crippen LogP contribution in [0.4, 0.5) is 0 Å². The zero-order valence-corrected chi connectivity index (χ0v) is 21.0. The molecular formula is C30H39NO2. The van der Waals surface area contributed by atoms with Gasteiger partial charge in [-0.15, -0.1) is 0 Å². The molecule has 1 aromatic heterocycles. The average molecular weight is 446 g/mol. The van der Waals surface area contributed by atoms with Gasteiger partial charge < -0.3 is 14.0 Å². The maximum Gasteiger partial charge on any atom is 0.188 e. The van der Waals surface area contributed by atoms with E-state index in [2.05, 4.69) is 74.9 Å². The van der Waals surface area contributed by atoms with E-state index in [9.17, 15) is 0 Å². The lowest BCUT2D eigenvalue weighted by molar-refractivity contribution is 0.0416. The van der Waals surface area contributed by atoms with Gasteiger partial charge in [-0.05, 0) is 86.0 Å². The lowest BCUT2D eigenvalue weighted by atomic mass is 9.53. The number of benzene rings is 2. The Hall–Kier alpha value is -2.26. The summed E-state index contributed by atoms with van der Waals surface area (Å²) in [7, 11) is 3.89. The summed E-state index contributed by atoms with van der Waals surface area (Å²) in [6.45, 7) is 7.36. The van der Waals surface area contributed by atoms with Crippen molar-refractivity contribution in [2.24, 2.45) is 24.8 Å². The van der Waals surface area contributed by atoms with Crippen LogP contribution in [0.15, 0.2) is 42.5 Å². The van der Waals surface area contributed by atoms with Crippen molar-refractivity contribution in [3.8, 4) is 17.0 Å². The van der Waals surface area contributed by atoms with Crippen LogP contribution in [-0.2, 0) is 17.2 Å². The van der Waals surface area contributed by atoms with Crippen LogP contribution in [0.25, 0.3) is 22.2 Å². The minimum Gasteiger partial charge on any atom is -0.467 e. The zero-order chi connectivity index (χ0) is 23.2. The number of methoxy groups -OCH3 is 1. The number of hydrogen-bond acceptors (Lipinski definition) is 2. The van der Waals surface area contributed by atoms with Crippen LogP contribution in [0.3, 0.4) is 0 Å². The zero-order valence-electron chi connectivity index (χ0n) is 21.0. The van der Waals surface area contributed by atoms with Gasteiger partial charge in [-0.1, -0.05) is 44.5 Å². The summed E-state index contributed by atoms with van der Waals surface area (Å²) >= 11 is 0. The summed E-state index contributed by atoms with van der Waals surface area (Å²) in [5.41, 5.74) is 6.61. The topological polar surface area (TPSA) is 23.4 Å². The van der Waals surface area contributed by atoms with Crippen molar-refractivity contribution < 1.29 is 9.47 Å². The number of nitrogens with zero attached hydrogens (tertiary/aromatic N) is 1. The molecule has 2 saturated carbocycles. The molecule has 5 rings (SSSR count). The van der Waals surface area contributed by atoms with E-state index in [1.807, 2.05) is 0 Å². The monoisotopic (exact) mass is 445 g/mol. The lowest BCUT2D eigenvalue weighted by Gasteiger charge is -2.51. The van der Waals surface area contributed by atoms with Crippen molar-refractivity contribution in [1.82, 2.24) is 4.57 Å². The Morgan fingerprint density at radius 2 is 1.88 bits per heavy atom.